The summed E-state index contributed by atoms with van der Waals surface area (Å²) < 4.78 is 31.3. The Balaban J connectivity index is 1.34. The number of methoxy groups -OCH3 is 1. The fourth-order valence-corrected chi connectivity index (χ4v) is 9.72. The van der Waals surface area contributed by atoms with Gasteiger partial charge in [-0.15, -0.1) is 6.58 Å². The predicted octanol–water partition coefficient (Wildman–Crippen LogP) is 5.62. The number of nitrogens with one attached hydrogen (secondary N) is 2. The second kappa shape index (κ2) is 15.7. The number of benzene rings is 2. The maximum atomic E-state index is 14.6. The standard InChI is InChI=1S/C40H51N4O9P/c1-6-26-23-40(26,54(49,50)19-18-45)43-36(46)33-21-29(24-44(33)37(47)35(39(2,3)4)42-38(48)53-27-14-10-11-15-27)52-34-22-31(25-12-8-7-9-13-25)41-32-20-28(51-5)16-17-30(32)34/h6-9,12-13,16-17,20,22,26-27,29,33,35,45H,1,10-11,14-15,18-19,21,23-24H2,2-5H3,(H,42,48)(H,43,46)(H,49,50)/t26-,29-,33+,35-,40+/m1/s1. The number of rotatable bonds is 13. The number of hydrogen-bond acceptors (Lipinski definition) is 9. The topological polar surface area (TPSA) is 177 Å². The molecule has 1 unspecified atom stereocenters. The molecule has 290 valence electrons. The lowest BCUT2D eigenvalue weighted by Gasteiger charge is -2.35. The Morgan fingerprint density at radius 1 is 1.11 bits per heavy atom. The van der Waals surface area contributed by atoms with Gasteiger partial charge >= 0.3 is 6.09 Å². The quantitative estimate of drug-likeness (QED) is 0.126. The van der Waals surface area contributed by atoms with Crippen molar-refractivity contribution in [1.82, 2.24) is 20.5 Å². The molecule has 1 saturated heterocycles. The molecular weight excluding hydrogens is 711 g/mol. The first-order valence-electron chi connectivity index (χ1n) is 18.6. The van der Waals surface area contributed by atoms with Gasteiger partial charge < -0.3 is 39.7 Å². The molecule has 3 aromatic rings. The molecule has 2 aromatic carbocycles. The van der Waals surface area contributed by atoms with E-state index in [1.54, 1.807) is 13.2 Å². The van der Waals surface area contributed by atoms with Crippen LogP contribution in [0.5, 0.6) is 11.5 Å². The van der Waals surface area contributed by atoms with Gasteiger partial charge in [-0.05, 0) is 49.7 Å². The normalized spacial score (nSPS) is 24.3. The third kappa shape index (κ3) is 8.13. The van der Waals surface area contributed by atoms with Crippen LogP contribution in [0.3, 0.4) is 0 Å². The molecule has 3 amide bonds. The molecule has 2 saturated carbocycles. The summed E-state index contributed by atoms with van der Waals surface area (Å²) in [7, 11) is -2.52. The Morgan fingerprint density at radius 2 is 1.83 bits per heavy atom. The molecule has 54 heavy (non-hydrogen) atoms. The maximum Gasteiger partial charge on any atom is 0.408 e. The van der Waals surface area contributed by atoms with Crippen LogP contribution in [0.1, 0.15) is 59.3 Å². The molecule has 13 nitrogen and oxygen atoms in total. The Labute approximate surface area is 315 Å². The van der Waals surface area contributed by atoms with Crippen molar-refractivity contribution in [3.8, 4) is 22.8 Å². The fraction of sp³-hybridized carbons (Fsp3) is 0.500. The predicted molar refractivity (Wildman–Crippen MR) is 204 cm³/mol. The van der Waals surface area contributed by atoms with E-state index in [1.165, 1.54) is 11.0 Å². The van der Waals surface area contributed by atoms with Crippen LogP contribution in [-0.4, -0.2) is 93.8 Å². The highest BCUT2D eigenvalue weighted by atomic mass is 31.2. The van der Waals surface area contributed by atoms with Crippen molar-refractivity contribution in [3.63, 3.8) is 0 Å². The van der Waals surface area contributed by atoms with E-state index in [0.29, 0.717) is 28.1 Å². The first-order valence-corrected chi connectivity index (χ1v) is 20.4. The maximum absolute atomic E-state index is 14.6. The van der Waals surface area contributed by atoms with Gasteiger partial charge in [0.25, 0.3) is 0 Å². The molecule has 6 rings (SSSR count). The third-order valence-corrected chi connectivity index (χ3v) is 13.5. The summed E-state index contributed by atoms with van der Waals surface area (Å²) in [5, 5.41) is 14.4. The Morgan fingerprint density at radius 3 is 2.46 bits per heavy atom. The smallest absolute Gasteiger partial charge is 0.408 e. The SMILES string of the molecule is C=C[C@@H]1C[C@]1(NC(=O)[C@@H]1C[C@@H](Oc2cc(-c3ccccc3)nc3cc(OC)ccc23)CN1C(=O)[C@@H](NC(=O)OC1CCCC1)C(C)(C)C)P(=O)(O)CCO. The van der Waals surface area contributed by atoms with Crippen LogP contribution in [0.15, 0.2) is 67.3 Å². The van der Waals surface area contributed by atoms with Gasteiger partial charge in [-0.3, -0.25) is 14.2 Å². The lowest BCUT2D eigenvalue weighted by Crippen LogP contribution is -2.58. The van der Waals surface area contributed by atoms with E-state index < -0.39 is 72.8 Å². The van der Waals surface area contributed by atoms with Crippen molar-refractivity contribution >= 4 is 36.2 Å². The number of pyridine rings is 1. The number of fused-ring (bicyclic) bond motifs is 1. The number of amides is 3. The van der Waals surface area contributed by atoms with Crippen LogP contribution in [0.25, 0.3) is 22.2 Å². The Bertz CT molecular complexity index is 1930. The number of ether oxygens (including phenoxy) is 3. The van der Waals surface area contributed by atoms with E-state index in [4.69, 9.17) is 19.2 Å². The van der Waals surface area contributed by atoms with Crippen LogP contribution in [0.2, 0.25) is 0 Å². The van der Waals surface area contributed by atoms with Crippen LogP contribution >= 0.6 is 7.37 Å². The molecule has 0 spiro atoms. The fourth-order valence-electron chi connectivity index (χ4n) is 7.66. The van der Waals surface area contributed by atoms with Crippen molar-refractivity contribution in [2.24, 2.45) is 11.3 Å². The number of carbonyl (C=O) groups is 3. The van der Waals surface area contributed by atoms with Crippen LogP contribution in [0.4, 0.5) is 4.79 Å². The van der Waals surface area contributed by atoms with Crippen molar-refractivity contribution < 1.29 is 43.2 Å². The van der Waals surface area contributed by atoms with E-state index in [-0.39, 0.29) is 25.5 Å². The van der Waals surface area contributed by atoms with Gasteiger partial charge in [0.15, 0.2) is 0 Å². The monoisotopic (exact) mass is 762 g/mol. The molecular formula is C40H51N4O9P. The zero-order valence-electron chi connectivity index (χ0n) is 31.3. The van der Waals surface area contributed by atoms with Gasteiger partial charge in [0, 0.05) is 41.6 Å². The molecule has 3 fully saturated rings. The number of hydrogen-bond donors (Lipinski definition) is 4. The van der Waals surface area contributed by atoms with Crippen molar-refractivity contribution in [2.45, 2.75) is 88.9 Å². The number of aromatic nitrogens is 1. The Hall–Kier alpha value is -4.45. The van der Waals surface area contributed by atoms with E-state index in [1.807, 2.05) is 69.3 Å². The summed E-state index contributed by atoms with van der Waals surface area (Å²) in [5.41, 5.74) is 1.35. The lowest BCUT2D eigenvalue weighted by molar-refractivity contribution is -0.142. The molecule has 4 N–H and O–H groups in total. The van der Waals surface area contributed by atoms with Crippen molar-refractivity contribution in [1.29, 1.82) is 0 Å². The highest BCUT2D eigenvalue weighted by Crippen LogP contribution is 2.69. The van der Waals surface area contributed by atoms with Gasteiger partial charge in [-0.25, -0.2) is 9.78 Å². The van der Waals surface area contributed by atoms with E-state index in [0.717, 1.165) is 31.2 Å². The summed E-state index contributed by atoms with van der Waals surface area (Å²) >= 11 is 0. The minimum Gasteiger partial charge on any atom is -0.497 e. The summed E-state index contributed by atoms with van der Waals surface area (Å²) in [4.78, 5) is 59.4. The second-order valence-electron chi connectivity index (χ2n) is 15.6. The zero-order valence-corrected chi connectivity index (χ0v) is 32.2. The van der Waals surface area contributed by atoms with Gasteiger partial charge in [0.1, 0.15) is 41.1 Å². The van der Waals surface area contributed by atoms with Crippen LogP contribution in [0, 0.1) is 11.3 Å². The van der Waals surface area contributed by atoms with Gasteiger partial charge in [-0.2, -0.15) is 0 Å². The molecule has 2 aliphatic carbocycles. The summed E-state index contributed by atoms with van der Waals surface area (Å²) in [5.74, 6) is -0.548. The average molecular weight is 763 g/mol. The molecule has 6 atom stereocenters. The highest BCUT2D eigenvalue weighted by molar-refractivity contribution is 7.60. The number of aliphatic hydroxyl groups excluding tert-OH is 1. The number of likely N-dealkylation sites (tertiary alicyclic amines) is 1. The Kier molecular flexibility index (Phi) is 11.4. The zero-order chi connectivity index (χ0) is 38.8. The summed E-state index contributed by atoms with van der Waals surface area (Å²) in [6.45, 7) is 8.68. The highest BCUT2D eigenvalue weighted by Gasteiger charge is 2.65. The molecule has 3 aliphatic rings. The van der Waals surface area contributed by atoms with Crippen molar-refractivity contribution in [2.75, 3.05) is 26.4 Å². The molecule has 14 heteroatoms. The van der Waals surface area contributed by atoms with Crippen molar-refractivity contribution in [3.05, 3.63) is 67.3 Å². The summed E-state index contributed by atoms with van der Waals surface area (Å²) in [6.07, 6.45) is 3.16. The molecule has 1 aliphatic heterocycles. The third-order valence-electron chi connectivity index (χ3n) is 10.8. The van der Waals surface area contributed by atoms with Gasteiger partial charge in [0.2, 0.25) is 19.2 Å². The van der Waals surface area contributed by atoms with E-state index >= 15 is 0 Å². The van der Waals surface area contributed by atoms with E-state index in [9.17, 15) is 28.9 Å². The molecule has 2 heterocycles. The van der Waals surface area contributed by atoms with Gasteiger partial charge in [-0.1, -0.05) is 57.2 Å². The lowest BCUT2D eigenvalue weighted by atomic mass is 9.85. The minimum absolute atomic E-state index is 0.0190. The molecule has 0 bridgehead atoms. The number of aliphatic hydroxyl groups is 1. The van der Waals surface area contributed by atoms with Crippen LogP contribution < -0.4 is 20.1 Å². The number of nitrogens with zero attached hydrogens (tertiary/aromatic N) is 2. The number of carbonyl (C=O) groups excluding carboxylic acids is 3. The minimum atomic E-state index is -4.09. The number of alkyl carbamates (subject to hydrolysis) is 1. The molecule has 1 aromatic heterocycles. The summed E-state index contributed by atoms with van der Waals surface area (Å²) in [6, 6.07) is 14.7. The second-order valence-corrected chi connectivity index (χ2v) is 18.2. The first kappa shape index (κ1) is 39.2. The van der Waals surface area contributed by atoms with Crippen LogP contribution in [-0.2, 0) is 18.9 Å². The van der Waals surface area contributed by atoms with Gasteiger partial charge in [0.05, 0.1) is 31.5 Å². The molecule has 0 radical (unpaired) electrons. The largest absolute Gasteiger partial charge is 0.497 e. The average Bonchev–Trinajstić information content (AvgIpc) is 3.41. The van der Waals surface area contributed by atoms with E-state index in [2.05, 4.69) is 17.2 Å². The first-order chi connectivity index (χ1) is 25.7.